The van der Waals surface area contributed by atoms with E-state index in [4.69, 9.17) is 40.2 Å². The molecule has 3 rings (SSSR count). The van der Waals surface area contributed by atoms with Gasteiger partial charge in [-0.2, -0.15) is 14.8 Å². The summed E-state index contributed by atoms with van der Waals surface area (Å²) in [5, 5.41) is 12.6. The Morgan fingerprint density at radius 3 is 2.70 bits per heavy atom. The van der Waals surface area contributed by atoms with Crippen molar-refractivity contribution in [3.05, 3.63) is 26.6 Å². The van der Waals surface area contributed by atoms with Crippen molar-refractivity contribution < 1.29 is 0 Å². The number of halogens is 3. The van der Waals surface area contributed by atoms with Crippen molar-refractivity contribution in [2.75, 3.05) is 0 Å². The third kappa shape index (κ3) is 2.61. The van der Waals surface area contributed by atoms with Gasteiger partial charge >= 0.3 is 0 Å². The maximum absolute atomic E-state index is 7.82. The average Bonchev–Trinajstić information content (AvgIpc) is 3.12. The van der Waals surface area contributed by atoms with E-state index in [0.29, 0.717) is 21.5 Å². The zero-order valence-corrected chi connectivity index (χ0v) is 13.1. The lowest BCUT2D eigenvalue weighted by Gasteiger charge is -2.09. The Morgan fingerprint density at radius 2 is 2.10 bits per heavy atom. The fraction of sp³-hybridized carbons (Fsp3) is 0.273. The number of nitrogens with zero attached hydrogens (tertiary/aromatic N) is 4. The van der Waals surface area contributed by atoms with Gasteiger partial charge in [-0.1, -0.05) is 34.8 Å². The molecule has 0 saturated heterocycles. The molecule has 0 bridgehead atoms. The van der Waals surface area contributed by atoms with Crippen LogP contribution in [-0.4, -0.2) is 20.9 Å². The highest BCUT2D eigenvalue weighted by Crippen LogP contribution is 2.38. The highest BCUT2D eigenvalue weighted by Gasteiger charge is 2.21. The largest absolute Gasteiger partial charge is 0.265 e. The Labute approximate surface area is 133 Å². The van der Waals surface area contributed by atoms with Gasteiger partial charge in [0.1, 0.15) is 15.5 Å². The summed E-state index contributed by atoms with van der Waals surface area (Å²) in [7, 11) is 0. The molecule has 0 unspecified atom stereocenters. The SMILES string of the molecule is N=c1nc(Cl)c(-c2scnc2Cl)c(Cl)n1/N=C/C1CC1. The molecule has 0 spiro atoms. The van der Waals surface area contributed by atoms with E-state index in [1.54, 1.807) is 11.7 Å². The Kier molecular flexibility index (Phi) is 3.81. The molecule has 1 saturated carbocycles. The molecule has 1 N–H and O–H groups in total. The van der Waals surface area contributed by atoms with Crippen molar-refractivity contribution in [1.82, 2.24) is 14.6 Å². The van der Waals surface area contributed by atoms with Crippen LogP contribution in [0.25, 0.3) is 10.4 Å². The van der Waals surface area contributed by atoms with Crippen LogP contribution in [0.2, 0.25) is 15.5 Å². The first-order valence-electron chi connectivity index (χ1n) is 5.74. The normalized spacial score (nSPS) is 15.2. The predicted octanol–water partition coefficient (Wildman–Crippen LogP) is 3.69. The van der Waals surface area contributed by atoms with Gasteiger partial charge in [0.15, 0.2) is 0 Å². The molecular weight excluding hydrogens is 341 g/mol. The number of thiazole rings is 1. The number of nitrogens with one attached hydrogen (secondary N) is 1. The topological polar surface area (TPSA) is 66.9 Å². The first kappa shape index (κ1) is 14.0. The number of rotatable bonds is 3. The summed E-state index contributed by atoms with van der Waals surface area (Å²) in [5.41, 5.74) is 1.92. The van der Waals surface area contributed by atoms with Gasteiger partial charge in [0.2, 0.25) is 5.62 Å². The summed E-state index contributed by atoms with van der Waals surface area (Å²) in [6.07, 6.45) is 4.00. The lowest BCUT2D eigenvalue weighted by molar-refractivity contribution is 0.743. The van der Waals surface area contributed by atoms with Gasteiger partial charge in [-0.15, -0.1) is 11.3 Å². The third-order valence-electron chi connectivity index (χ3n) is 2.77. The fourth-order valence-electron chi connectivity index (χ4n) is 1.57. The van der Waals surface area contributed by atoms with E-state index in [1.807, 2.05) is 0 Å². The van der Waals surface area contributed by atoms with E-state index in [0.717, 1.165) is 12.8 Å². The van der Waals surface area contributed by atoms with Crippen molar-refractivity contribution >= 4 is 52.4 Å². The molecule has 9 heteroatoms. The maximum Gasteiger partial charge on any atom is 0.245 e. The van der Waals surface area contributed by atoms with Crippen molar-refractivity contribution in [1.29, 1.82) is 5.41 Å². The van der Waals surface area contributed by atoms with Crippen molar-refractivity contribution in [3.63, 3.8) is 0 Å². The summed E-state index contributed by atoms with van der Waals surface area (Å²) < 4.78 is 1.25. The number of hydrogen-bond acceptors (Lipinski definition) is 5. The zero-order valence-electron chi connectivity index (χ0n) is 9.98. The molecule has 2 aromatic heterocycles. The van der Waals surface area contributed by atoms with Gasteiger partial charge < -0.3 is 0 Å². The lowest BCUT2D eigenvalue weighted by Crippen LogP contribution is -2.21. The lowest BCUT2D eigenvalue weighted by atomic mass is 10.3. The fourth-order valence-corrected chi connectivity index (χ4v) is 3.37. The summed E-state index contributed by atoms with van der Waals surface area (Å²) in [6, 6.07) is 0. The Hall–Kier alpha value is -0.950. The minimum atomic E-state index is -0.124. The molecule has 1 fully saturated rings. The van der Waals surface area contributed by atoms with Gasteiger partial charge in [0, 0.05) is 6.21 Å². The summed E-state index contributed by atoms with van der Waals surface area (Å²) in [4.78, 5) is 8.52. The third-order valence-corrected chi connectivity index (χ3v) is 4.63. The van der Waals surface area contributed by atoms with Gasteiger partial charge in [0.25, 0.3) is 0 Å². The van der Waals surface area contributed by atoms with Crippen LogP contribution in [-0.2, 0) is 0 Å². The smallest absolute Gasteiger partial charge is 0.245 e. The molecule has 0 aromatic carbocycles. The van der Waals surface area contributed by atoms with Gasteiger partial charge in [0.05, 0.1) is 16.0 Å². The Bertz CT molecular complexity index is 747. The standard InChI is InChI=1S/C11H8Cl3N5S/c12-8-6(7-9(13)16-4-20-7)10(14)19(11(15)18-8)17-3-5-1-2-5/h3-5,15H,1-2H2/b15-11?,17-3+. The van der Waals surface area contributed by atoms with Crippen LogP contribution >= 0.6 is 46.1 Å². The van der Waals surface area contributed by atoms with Gasteiger partial charge in [-0.05, 0) is 18.8 Å². The molecule has 0 amide bonds. The van der Waals surface area contributed by atoms with E-state index in [2.05, 4.69) is 15.1 Å². The molecule has 0 radical (unpaired) electrons. The second-order valence-corrected chi connectivity index (χ2v) is 6.21. The predicted molar refractivity (Wildman–Crippen MR) is 80.8 cm³/mol. The van der Waals surface area contributed by atoms with E-state index in [-0.39, 0.29) is 15.9 Å². The van der Waals surface area contributed by atoms with Gasteiger partial charge in [-0.25, -0.2) is 4.98 Å². The van der Waals surface area contributed by atoms with Gasteiger partial charge in [-0.3, -0.25) is 5.41 Å². The van der Waals surface area contributed by atoms with Crippen molar-refractivity contribution in [2.24, 2.45) is 11.0 Å². The molecule has 104 valence electrons. The quantitative estimate of drug-likeness (QED) is 0.679. The van der Waals surface area contributed by atoms with E-state index >= 15 is 0 Å². The highest BCUT2D eigenvalue weighted by molar-refractivity contribution is 7.14. The van der Waals surface area contributed by atoms with Crippen LogP contribution in [0.3, 0.4) is 0 Å². The molecule has 1 aliphatic rings. The van der Waals surface area contributed by atoms with E-state index in [1.165, 1.54) is 16.0 Å². The molecule has 2 aromatic rings. The van der Waals surface area contributed by atoms with Crippen molar-refractivity contribution in [2.45, 2.75) is 12.8 Å². The van der Waals surface area contributed by atoms with E-state index in [9.17, 15) is 0 Å². The second-order valence-electron chi connectivity index (χ2n) is 4.28. The minimum absolute atomic E-state index is 0.115. The maximum atomic E-state index is 7.82. The molecular formula is C11H8Cl3N5S. The zero-order chi connectivity index (χ0) is 14.3. The van der Waals surface area contributed by atoms with Crippen LogP contribution in [0.4, 0.5) is 0 Å². The van der Waals surface area contributed by atoms with Crippen LogP contribution in [0.15, 0.2) is 10.6 Å². The molecule has 2 heterocycles. The number of hydrogen-bond donors (Lipinski definition) is 1. The van der Waals surface area contributed by atoms with Crippen LogP contribution in [0.1, 0.15) is 12.8 Å². The molecule has 0 aliphatic heterocycles. The summed E-state index contributed by atoms with van der Waals surface area (Å²) >= 11 is 19.7. The number of aromatic nitrogens is 3. The first-order valence-corrected chi connectivity index (χ1v) is 7.75. The van der Waals surface area contributed by atoms with E-state index < -0.39 is 0 Å². The first-order chi connectivity index (χ1) is 9.58. The van der Waals surface area contributed by atoms with Crippen LogP contribution < -0.4 is 5.62 Å². The summed E-state index contributed by atoms with van der Waals surface area (Å²) in [5.74, 6) is 0.462. The second kappa shape index (κ2) is 5.44. The molecule has 5 nitrogen and oxygen atoms in total. The molecule has 1 aliphatic carbocycles. The Balaban J connectivity index is 2.17. The minimum Gasteiger partial charge on any atom is -0.265 e. The van der Waals surface area contributed by atoms with Crippen molar-refractivity contribution in [3.8, 4) is 10.4 Å². The summed E-state index contributed by atoms with van der Waals surface area (Å²) in [6.45, 7) is 0. The highest BCUT2D eigenvalue weighted by atomic mass is 35.5. The monoisotopic (exact) mass is 347 g/mol. The average molecular weight is 349 g/mol. The molecule has 20 heavy (non-hydrogen) atoms. The van der Waals surface area contributed by atoms with Crippen LogP contribution in [0.5, 0.6) is 0 Å². The molecule has 0 atom stereocenters. The van der Waals surface area contributed by atoms with Crippen LogP contribution in [0, 0.1) is 11.3 Å². The Morgan fingerprint density at radius 1 is 1.35 bits per heavy atom.